The molecule has 92 valence electrons. The van der Waals surface area contributed by atoms with Gasteiger partial charge in [-0.3, -0.25) is 4.79 Å². The summed E-state index contributed by atoms with van der Waals surface area (Å²) >= 11 is 3.58. The van der Waals surface area contributed by atoms with E-state index in [-0.39, 0.29) is 5.91 Å². The summed E-state index contributed by atoms with van der Waals surface area (Å²) in [5.74, 6) is 0.816. The first-order valence-electron chi connectivity index (χ1n) is 5.59. The van der Waals surface area contributed by atoms with Crippen molar-refractivity contribution in [1.82, 2.24) is 0 Å². The van der Waals surface area contributed by atoms with Gasteiger partial charge < -0.3 is 9.64 Å². The molecule has 0 radical (unpaired) electrons. The van der Waals surface area contributed by atoms with Gasteiger partial charge in [-0.05, 0) is 38.8 Å². The molecule has 1 unspecified atom stereocenters. The molecule has 0 aromatic heterocycles. The van der Waals surface area contributed by atoms with Crippen molar-refractivity contribution in [2.24, 2.45) is 0 Å². The van der Waals surface area contributed by atoms with Crippen LogP contribution in [0.4, 0.5) is 5.69 Å². The SMILES string of the molecule is Cc1c(C)c2c(c(C)c1Br)OC(C)C(=O)N2C. The summed E-state index contributed by atoms with van der Waals surface area (Å²) in [5, 5.41) is 0. The lowest BCUT2D eigenvalue weighted by molar-refractivity contribution is -0.125. The van der Waals surface area contributed by atoms with E-state index in [2.05, 4.69) is 15.9 Å². The number of hydrogen-bond acceptors (Lipinski definition) is 2. The molecule has 1 heterocycles. The van der Waals surface area contributed by atoms with Gasteiger partial charge in [0.15, 0.2) is 6.10 Å². The van der Waals surface area contributed by atoms with E-state index in [9.17, 15) is 4.79 Å². The minimum atomic E-state index is -0.416. The predicted octanol–water partition coefficient (Wildman–Crippen LogP) is 3.12. The summed E-state index contributed by atoms with van der Waals surface area (Å²) in [6.07, 6.45) is -0.416. The molecule has 0 aliphatic carbocycles. The first-order valence-corrected chi connectivity index (χ1v) is 6.39. The maximum Gasteiger partial charge on any atom is 0.267 e. The molecule has 1 atom stereocenters. The molecule has 3 nitrogen and oxygen atoms in total. The van der Waals surface area contributed by atoms with Crippen molar-refractivity contribution < 1.29 is 9.53 Å². The molecule has 1 aromatic rings. The first kappa shape index (κ1) is 12.4. The standard InChI is InChI=1S/C13H16BrNO2/c1-6-7(2)11-12(8(3)10(6)14)17-9(4)13(16)15(11)5/h9H,1-5H3. The maximum atomic E-state index is 11.9. The third-order valence-corrected chi connectivity index (χ3v) is 4.63. The van der Waals surface area contributed by atoms with E-state index in [0.717, 1.165) is 32.6 Å². The second kappa shape index (κ2) is 4.02. The number of fused-ring (bicyclic) bond motifs is 1. The smallest absolute Gasteiger partial charge is 0.267 e. The van der Waals surface area contributed by atoms with E-state index in [0.29, 0.717) is 0 Å². The number of carbonyl (C=O) groups excluding carboxylic acids is 1. The molecule has 0 saturated carbocycles. The molecule has 0 fully saturated rings. The molecule has 0 saturated heterocycles. The molecule has 17 heavy (non-hydrogen) atoms. The summed E-state index contributed by atoms with van der Waals surface area (Å²) in [6, 6.07) is 0. The van der Waals surface area contributed by atoms with Gasteiger partial charge in [0.05, 0.1) is 5.69 Å². The molecule has 4 heteroatoms. The number of nitrogens with zero attached hydrogens (tertiary/aromatic N) is 1. The van der Waals surface area contributed by atoms with Gasteiger partial charge in [-0.1, -0.05) is 15.9 Å². The molecule has 1 aromatic carbocycles. The van der Waals surface area contributed by atoms with Crippen LogP contribution in [0, 0.1) is 20.8 Å². The summed E-state index contributed by atoms with van der Waals surface area (Å²) in [5.41, 5.74) is 4.18. The zero-order chi connectivity index (χ0) is 12.9. The number of rotatable bonds is 0. The summed E-state index contributed by atoms with van der Waals surface area (Å²) in [4.78, 5) is 13.6. The van der Waals surface area contributed by atoms with Crippen LogP contribution in [-0.2, 0) is 4.79 Å². The monoisotopic (exact) mass is 297 g/mol. The molecular weight excluding hydrogens is 282 g/mol. The number of halogens is 1. The van der Waals surface area contributed by atoms with Gasteiger partial charge in [-0.15, -0.1) is 0 Å². The van der Waals surface area contributed by atoms with Gasteiger partial charge in [-0.2, -0.15) is 0 Å². The Balaban J connectivity index is 2.77. The number of carbonyl (C=O) groups is 1. The van der Waals surface area contributed by atoms with Crippen LogP contribution in [0.25, 0.3) is 0 Å². The van der Waals surface area contributed by atoms with Gasteiger partial charge in [0, 0.05) is 17.1 Å². The second-order valence-electron chi connectivity index (χ2n) is 4.52. The summed E-state index contributed by atoms with van der Waals surface area (Å²) < 4.78 is 6.80. The van der Waals surface area contributed by atoms with Crippen molar-refractivity contribution in [1.29, 1.82) is 0 Å². The van der Waals surface area contributed by atoms with Crippen molar-refractivity contribution in [3.63, 3.8) is 0 Å². The number of ether oxygens (including phenoxy) is 1. The lowest BCUT2D eigenvalue weighted by Crippen LogP contribution is -2.42. The highest BCUT2D eigenvalue weighted by Crippen LogP contribution is 2.44. The summed E-state index contributed by atoms with van der Waals surface area (Å²) in [7, 11) is 1.81. The van der Waals surface area contributed by atoms with Crippen molar-refractivity contribution in [3.05, 3.63) is 21.2 Å². The highest BCUT2D eigenvalue weighted by molar-refractivity contribution is 9.10. The average molecular weight is 298 g/mol. The molecular formula is C13H16BrNO2. The van der Waals surface area contributed by atoms with Crippen LogP contribution < -0.4 is 9.64 Å². The van der Waals surface area contributed by atoms with Crippen molar-refractivity contribution in [2.75, 3.05) is 11.9 Å². The van der Waals surface area contributed by atoms with Crippen molar-refractivity contribution in [3.8, 4) is 5.75 Å². The largest absolute Gasteiger partial charge is 0.478 e. The van der Waals surface area contributed by atoms with E-state index in [1.54, 1.807) is 18.9 Å². The molecule has 0 spiro atoms. The Labute approximate surface area is 110 Å². The van der Waals surface area contributed by atoms with Crippen molar-refractivity contribution >= 4 is 27.5 Å². The van der Waals surface area contributed by atoms with Gasteiger partial charge >= 0.3 is 0 Å². The lowest BCUT2D eigenvalue weighted by Gasteiger charge is -2.33. The zero-order valence-corrected chi connectivity index (χ0v) is 12.3. The topological polar surface area (TPSA) is 29.5 Å². The predicted molar refractivity (Wildman–Crippen MR) is 71.9 cm³/mol. The quantitative estimate of drug-likeness (QED) is 0.736. The normalized spacial score (nSPS) is 19.1. The van der Waals surface area contributed by atoms with Gasteiger partial charge in [0.25, 0.3) is 5.91 Å². The number of amides is 1. The summed E-state index contributed by atoms with van der Waals surface area (Å²) in [6.45, 7) is 7.85. The third-order valence-electron chi connectivity index (χ3n) is 3.44. The van der Waals surface area contributed by atoms with Crippen LogP contribution in [0.3, 0.4) is 0 Å². The van der Waals surface area contributed by atoms with Crippen molar-refractivity contribution in [2.45, 2.75) is 33.8 Å². The molecule has 2 rings (SSSR count). The Morgan fingerprint density at radius 1 is 1.18 bits per heavy atom. The highest BCUT2D eigenvalue weighted by atomic mass is 79.9. The Morgan fingerprint density at radius 2 is 1.76 bits per heavy atom. The van der Waals surface area contributed by atoms with Crippen LogP contribution in [0.5, 0.6) is 5.75 Å². The van der Waals surface area contributed by atoms with Gasteiger partial charge in [0.1, 0.15) is 5.75 Å². The van der Waals surface area contributed by atoms with Crippen LogP contribution in [0.1, 0.15) is 23.6 Å². The molecule has 1 amide bonds. The van der Waals surface area contributed by atoms with E-state index < -0.39 is 6.10 Å². The molecule has 1 aliphatic rings. The number of anilines is 1. The second-order valence-corrected chi connectivity index (χ2v) is 5.32. The molecule has 1 aliphatic heterocycles. The van der Waals surface area contributed by atoms with Crippen LogP contribution in [0.15, 0.2) is 4.47 Å². The van der Waals surface area contributed by atoms with E-state index >= 15 is 0 Å². The number of likely N-dealkylation sites (N-methyl/N-ethyl adjacent to an activating group) is 1. The van der Waals surface area contributed by atoms with Crippen LogP contribution in [0.2, 0.25) is 0 Å². The Kier molecular flexibility index (Phi) is 2.94. The first-order chi connectivity index (χ1) is 7.86. The Morgan fingerprint density at radius 3 is 2.35 bits per heavy atom. The average Bonchev–Trinajstić information content (AvgIpc) is 2.30. The number of hydrogen-bond donors (Lipinski definition) is 0. The lowest BCUT2D eigenvalue weighted by atomic mass is 10.0. The fourth-order valence-corrected chi connectivity index (χ4v) is 2.71. The van der Waals surface area contributed by atoms with Crippen LogP contribution in [-0.4, -0.2) is 19.1 Å². The zero-order valence-electron chi connectivity index (χ0n) is 10.7. The minimum absolute atomic E-state index is 0.00159. The van der Waals surface area contributed by atoms with E-state index in [1.165, 1.54) is 0 Å². The van der Waals surface area contributed by atoms with Gasteiger partial charge in [-0.25, -0.2) is 0 Å². The fraction of sp³-hybridized carbons (Fsp3) is 0.462. The minimum Gasteiger partial charge on any atom is -0.478 e. The van der Waals surface area contributed by atoms with Crippen LogP contribution >= 0.6 is 15.9 Å². The van der Waals surface area contributed by atoms with E-state index in [1.807, 2.05) is 20.8 Å². The molecule has 0 N–H and O–H groups in total. The highest BCUT2D eigenvalue weighted by Gasteiger charge is 2.32. The van der Waals surface area contributed by atoms with E-state index in [4.69, 9.17) is 4.74 Å². The van der Waals surface area contributed by atoms with Gasteiger partial charge in [0.2, 0.25) is 0 Å². The molecule has 0 bridgehead atoms. The fourth-order valence-electron chi connectivity index (χ4n) is 2.23. The maximum absolute atomic E-state index is 11.9. The Hall–Kier alpha value is -1.03. The Bertz CT molecular complexity index is 511. The number of benzene rings is 1. The third kappa shape index (κ3) is 1.66.